The third-order valence-corrected chi connectivity index (χ3v) is 6.21. The van der Waals surface area contributed by atoms with Crippen molar-refractivity contribution in [2.24, 2.45) is 5.41 Å². The summed E-state index contributed by atoms with van der Waals surface area (Å²) in [6, 6.07) is 10.2. The Balaban J connectivity index is 1.37. The number of halogens is 1. The van der Waals surface area contributed by atoms with Gasteiger partial charge in [-0.15, -0.1) is 0 Å². The Morgan fingerprint density at radius 1 is 1.21 bits per heavy atom. The molecule has 3 heterocycles. The molecular formula is C23H26FN3O2. The topological polar surface area (TPSA) is 53.5 Å². The second-order valence-corrected chi connectivity index (χ2v) is 8.24. The van der Waals surface area contributed by atoms with Gasteiger partial charge in [-0.2, -0.15) is 0 Å². The minimum atomic E-state index is -0.280. The minimum Gasteiger partial charge on any atom is -0.339 e. The number of carbonyl (C=O) groups is 2. The number of aryl methyl sites for hydroxylation is 1. The summed E-state index contributed by atoms with van der Waals surface area (Å²) >= 11 is 0. The van der Waals surface area contributed by atoms with Gasteiger partial charge in [-0.25, -0.2) is 4.39 Å². The Hall–Kier alpha value is -2.76. The molecule has 2 amide bonds. The highest BCUT2D eigenvalue weighted by Gasteiger charge is 2.45. The molecular weight excluding hydrogens is 369 g/mol. The van der Waals surface area contributed by atoms with E-state index in [9.17, 15) is 14.0 Å². The first-order valence-corrected chi connectivity index (χ1v) is 10.2. The molecule has 1 spiro atoms. The first kappa shape index (κ1) is 19.6. The highest BCUT2D eigenvalue weighted by molar-refractivity contribution is 5.94. The van der Waals surface area contributed by atoms with Crippen LogP contribution < -0.4 is 0 Å². The summed E-state index contributed by atoms with van der Waals surface area (Å²) < 4.78 is 13.4. The number of likely N-dealkylation sites (tertiary alicyclic amines) is 2. The number of nitrogens with zero attached hydrogens (tertiary/aromatic N) is 3. The minimum absolute atomic E-state index is 0.0101. The van der Waals surface area contributed by atoms with Crippen molar-refractivity contribution in [1.29, 1.82) is 0 Å². The zero-order chi connectivity index (χ0) is 20.4. The maximum atomic E-state index is 13.4. The lowest BCUT2D eigenvalue weighted by molar-refractivity contribution is -0.128. The van der Waals surface area contributed by atoms with E-state index in [-0.39, 0.29) is 23.0 Å². The van der Waals surface area contributed by atoms with Crippen LogP contribution in [-0.2, 0) is 17.8 Å². The predicted octanol–water partition coefficient (Wildman–Crippen LogP) is 3.44. The van der Waals surface area contributed by atoms with Crippen LogP contribution in [0.15, 0.2) is 42.6 Å². The lowest BCUT2D eigenvalue weighted by atomic mass is 9.77. The van der Waals surface area contributed by atoms with Crippen LogP contribution >= 0.6 is 0 Å². The number of aromatic nitrogens is 1. The number of hydrogen-bond acceptors (Lipinski definition) is 3. The molecule has 0 aliphatic carbocycles. The van der Waals surface area contributed by atoms with Crippen LogP contribution in [0.2, 0.25) is 0 Å². The second-order valence-electron chi connectivity index (χ2n) is 8.24. The summed E-state index contributed by atoms with van der Waals surface area (Å²) in [5.74, 6) is -0.151. The van der Waals surface area contributed by atoms with Crippen LogP contribution in [0.4, 0.5) is 4.39 Å². The van der Waals surface area contributed by atoms with Crippen molar-refractivity contribution in [3.05, 3.63) is 65.2 Å². The first-order chi connectivity index (χ1) is 14.0. The van der Waals surface area contributed by atoms with Gasteiger partial charge in [-0.05, 0) is 49.1 Å². The quantitative estimate of drug-likeness (QED) is 0.797. The van der Waals surface area contributed by atoms with E-state index >= 15 is 0 Å². The smallest absolute Gasteiger partial charge is 0.255 e. The van der Waals surface area contributed by atoms with E-state index in [1.54, 1.807) is 12.3 Å². The molecule has 5 nitrogen and oxygen atoms in total. The molecule has 1 aromatic carbocycles. The number of carbonyl (C=O) groups excluding carboxylic acids is 2. The lowest BCUT2D eigenvalue weighted by Gasteiger charge is -2.38. The second kappa shape index (κ2) is 7.93. The van der Waals surface area contributed by atoms with Gasteiger partial charge in [0.15, 0.2) is 0 Å². The maximum absolute atomic E-state index is 13.4. The lowest BCUT2D eigenvalue weighted by Crippen LogP contribution is -2.44. The molecule has 1 aromatic heterocycles. The largest absolute Gasteiger partial charge is 0.339 e. The number of rotatable bonds is 4. The SMILES string of the molecule is CCc1ccc(C(=O)N2CCC3(CC2)CC(=O)N(Cc2cccc(F)c2)C3)cn1. The van der Waals surface area contributed by atoms with Crippen molar-refractivity contribution in [1.82, 2.24) is 14.8 Å². The molecule has 2 aliphatic rings. The molecule has 29 heavy (non-hydrogen) atoms. The van der Waals surface area contributed by atoms with Crippen molar-refractivity contribution >= 4 is 11.8 Å². The van der Waals surface area contributed by atoms with Crippen molar-refractivity contribution in [2.75, 3.05) is 19.6 Å². The number of hydrogen-bond donors (Lipinski definition) is 0. The van der Waals surface area contributed by atoms with E-state index in [1.165, 1.54) is 12.1 Å². The highest BCUT2D eigenvalue weighted by Crippen LogP contribution is 2.41. The van der Waals surface area contributed by atoms with E-state index in [0.717, 1.165) is 30.5 Å². The molecule has 4 rings (SSSR count). The van der Waals surface area contributed by atoms with Gasteiger partial charge in [0, 0.05) is 49.9 Å². The van der Waals surface area contributed by atoms with Crippen LogP contribution in [0.1, 0.15) is 47.8 Å². The molecule has 0 atom stereocenters. The maximum Gasteiger partial charge on any atom is 0.255 e. The van der Waals surface area contributed by atoms with Gasteiger partial charge < -0.3 is 9.80 Å². The van der Waals surface area contributed by atoms with Crippen molar-refractivity contribution in [3.63, 3.8) is 0 Å². The molecule has 0 saturated carbocycles. The van der Waals surface area contributed by atoms with Crippen LogP contribution in [0.5, 0.6) is 0 Å². The van der Waals surface area contributed by atoms with E-state index in [0.29, 0.717) is 38.2 Å². The fourth-order valence-corrected chi connectivity index (χ4v) is 4.44. The summed E-state index contributed by atoms with van der Waals surface area (Å²) in [7, 11) is 0. The van der Waals surface area contributed by atoms with Gasteiger partial charge in [0.25, 0.3) is 5.91 Å². The van der Waals surface area contributed by atoms with E-state index in [4.69, 9.17) is 0 Å². The Kier molecular flexibility index (Phi) is 5.35. The molecule has 2 saturated heterocycles. The Morgan fingerprint density at radius 3 is 2.66 bits per heavy atom. The normalized spacial score (nSPS) is 18.5. The molecule has 6 heteroatoms. The van der Waals surface area contributed by atoms with Gasteiger partial charge in [0.1, 0.15) is 5.82 Å². The zero-order valence-electron chi connectivity index (χ0n) is 16.7. The zero-order valence-corrected chi connectivity index (χ0v) is 16.7. The summed E-state index contributed by atoms with van der Waals surface area (Å²) in [4.78, 5) is 33.4. The van der Waals surface area contributed by atoms with E-state index < -0.39 is 0 Å². The fourth-order valence-electron chi connectivity index (χ4n) is 4.44. The van der Waals surface area contributed by atoms with E-state index in [2.05, 4.69) is 4.98 Å². The molecule has 2 aromatic rings. The van der Waals surface area contributed by atoms with E-state index in [1.807, 2.05) is 34.9 Å². The molecule has 0 bridgehead atoms. The van der Waals surface area contributed by atoms with Gasteiger partial charge in [0.2, 0.25) is 5.91 Å². The Labute approximate surface area is 170 Å². The number of benzene rings is 1. The monoisotopic (exact) mass is 395 g/mol. The molecule has 0 N–H and O–H groups in total. The molecule has 0 radical (unpaired) electrons. The van der Waals surface area contributed by atoms with Gasteiger partial charge in [0.05, 0.1) is 5.56 Å². The third kappa shape index (κ3) is 4.16. The Morgan fingerprint density at radius 2 is 2.00 bits per heavy atom. The summed E-state index contributed by atoms with van der Waals surface area (Å²) in [6.07, 6.45) is 4.64. The number of pyridine rings is 1. The molecule has 0 unspecified atom stereocenters. The van der Waals surface area contributed by atoms with Crippen LogP contribution in [0, 0.1) is 11.2 Å². The van der Waals surface area contributed by atoms with Crippen LogP contribution in [-0.4, -0.2) is 46.2 Å². The molecule has 152 valence electrons. The third-order valence-electron chi connectivity index (χ3n) is 6.21. The van der Waals surface area contributed by atoms with Gasteiger partial charge in [-0.3, -0.25) is 14.6 Å². The molecule has 2 fully saturated rings. The van der Waals surface area contributed by atoms with Crippen molar-refractivity contribution < 1.29 is 14.0 Å². The Bertz CT molecular complexity index is 905. The predicted molar refractivity (Wildman–Crippen MR) is 108 cm³/mol. The highest BCUT2D eigenvalue weighted by atomic mass is 19.1. The van der Waals surface area contributed by atoms with Gasteiger partial charge >= 0.3 is 0 Å². The number of piperidine rings is 1. The standard InChI is InChI=1S/C23H26FN3O2/c1-2-20-7-6-18(14-25-20)22(29)26-10-8-23(9-11-26)13-21(28)27(16-23)15-17-4-3-5-19(24)12-17/h3-7,12,14H,2,8-11,13,15-16H2,1H3. The summed E-state index contributed by atoms with van der Waals surface area (Å²) in [5.41, 5.74) is 2.33. The number of amides is 2. The fraction of sp³-hybridized carbons (Fsp3) is 0.435. The van der Waals surface area contributed by atoms with Crippen LogP contribution in [0.25, 0.3) is 0 Å². The first-order valence-electron chi connectivity index (χ1n) is 10.2. The average Bonchev–Trinajstić information content (AvgIpc) is 3.02. The van der Waals surface area contributed by atoms with Crippen molar-refractivity contribution in [3.8, 4) is 0 Å². The summed E-state index contributed by atoms with van der Waals surface area (Å²) in [5, 5.41) is 0. The molecule has 2 aliphatic heterocycles. The average molecular weight is 395 g/mol. The summed E-state index contributed by atoms with van der Waals surface area (Å²) in [6.45, 7) is 4.45. The van der Waals surface area contributed by atoms with Crippen molar-refractivity contribution in [2.45, 2.75) is 39.2 Å². The van der Waals surface area contributed by atoms with Crippen LogP contribution in [0.3, 0.4) is 0 Å². The van der Waals surface area contributed by atoms with Gasteiger partial charge in [-0.1, -0.05) is 19.1 Å².